The second-order valence-corrected chi connectivity index (χ2v) is 7.07. The van der Waals surface area contributed by atoms with Crippen molar-refractivity contribution in [2.45, 2.75) is 10.6 Å². The predicted octanol–water partition coefficient (Wildman–Crippen LogP) is 5.80. The fourth-order valence-corrected chi connectivity index (χ4v) is 3.43. The van der Waals surface area contributed by atoms with Crippen molar-refractivity contribution < 1.29 is 27.1 Å². The van der Waals surface area contributed by atoms with Crippen LogP contribution in [0.25, 0.3) is 0 Å². The Morgan fingerprint density at radius 2 is 1.62 bits per heavy atom. The van der Waals surface area contributed by atoms with Gasteiger partial charge in [0.05, 0.1) is 7.11 Å². The van der Waals surface area contributed by atoms with Crippen LogP contribution in [0.15, 0.2) is 59.5 Å². The Morgan fingerprint density at radius 1 is 0.966 bits per heavy atom. The molecular formula is C21H15F4NO2S. The molecule has 0 radical (unpaired) electrons. The van der Waals surface area contributed by atoms with E-state index >= 15 is 0 Å². The number of rotatable bonds is 6. The summed E-state index contributed by atoms with van der Waals surface area (Å²) in [4.78, 5) is 12.8. The molecule has 29 heavy (non-hydrogen) atoms. The molecule has 1 N–H and O–H groups in total. The third-order valence-corrected chi connectivity index (χ3v) is 4.99. The average Bonchev–Trinajstić information content (AvgIpc) is 2.70. The molecule has 3 rings (SSSR count). The highest BCUT2D eigenvalue weighted by Crippen LogP contribution is 2.26. The highest BCUT2D eigenvalue weighted by Gasteiger charge is 2.14. The van der Waals surface area contributed by atoms with E-state index in [4.69, 9.17) is 4.74 Å². The van der Waals surface area contributed by atoms with E-state index in [0.29, 0.717) is 22.8 Å². The SMILES string of the molecule is COc1ccc(CSc2cc(F)cc(C(=O)Nc3cc(F)c(F)c(F)c3)c2)cc1. The molecular weight excluding hydrogens is 406 g/mol. The van der Waals surface area contributed by atoms with E-state index in [1.165, 1.54) is 23.9 Å². The van der Waals surface area contributed by atoms with E-state index in [1.807, 2.05) is 12.1 Å². The zero-order chi connectivity index (χ0) is 21.0. The van der Waals surface area contributed by atoms with Crippen molar-refractivity contribution in [3.05, 3.63) is 89.0 Å². The van der Waals surface area contributed by atoms with Crippen LogP contribution in [-0.2, 0) is 5.75 Å². The summed E-state index contributed by atoms with van der Waals surface area (Å²) >= 11 is 1.32. The lowest BCUT2D eigenvalue weighted by atomic mass is 10.2. The molecule has 3 aromatic carbocycles. The fraction of sp³-hybridized carbons (Fsp3) is 0.0952. The number of halogens is 4. The summed E-state index contributed by atoms with van der Waals surface area (Å²) in [6.45, 7) is 0. The lowest BCUT2D eigenvalue weighted by Gasteiger charge is -2.09. The van der Waals surface area contributed by atoms with Crippen molar-refractivity contribution in [1.29, 1.82) is 0 Å². The molecule has 8 heteroatoms. The number of hydrogen-bond acceptors (Lipinski definition) is 3. The van der Waals surface area contributed by atoms with Gasteiger partial charge in [0.25, 0.3) is 5.91 Å². The molecule has 0 saturated heterocycles. The van der Waals surface area contributed by atoms with Crippen molar-refractivity contribution in [2.75, 3.05) is 12.4 Å². The van der Waals surface area contributed by atoms with Gasteiger partial charge in [0, 0.05) is 34.0 Å². The number of ether oxygens (including phenoxy) is 1. The van der Waals surface area contributed by atoms with E-state index in [1.54, 1.807) is 19.2 Å². The topological polar surface area (TPSA) is 38.3 Å². The van der Waals surface area contributed by atoms with Crippen LogP contribution in [0.4, 0.5) is 23.2 Å². The maximum atomic E-state index is 14.0. The van der Waals surface area contributed by atoms with Crippen LogP contribution in [0.5, 0.6) is 5.75 Å². The maximum Gasteiger partial charge on any atom is 0.255 e. The second kappa shape index (κ2) is 9.00. The number of amides is 1. The van der Waals surface area contributed by atoms with Crippen LogP contribution >= 0.6 is 11.8 Å². The number of anilines is 1. The van der Waals surface area contributed by atoms with E-state index in [2.05, 4.69) is 5.32 Å². The van der Waals surface area contributed by atoms with Gasteiger partial charge in [0.15, 0.2) is 17.5 Å². The molecule has 0 heterocycles. The highest BCUT2D eigenvalue weighted by molar-refractivity contribution is 7.98. The number of thioether (sulfide) groups is 1. The quantitative estimate of drug-likeness (QED) is 0.311. The summed E-state index contributed by atoms with van der Waals surface area (Å²) < 4.78 is 58.7. The summed E-state index contributed by atoms with van der Waals surface area (Å²) in [5, 5.41) is 2.23. The van der Waals surface area contributed by atoms with Gasteiger partial charge in [-0.15, -0.1) is 11.8 Å². The monoisotopic (exact) mass is 421 g/mol. The Kier molecular flexibility index (Phi) is 6.43. The van der Waals surface area contributed by atoms with Crippen LogP contribution in [-0.4, -0.2) is 13.0 Å². The maximum absolute atomic E-state index is 14.0. The molecule has 0 saturated carbocycles. The smallest absolute Gasteiger partial charge is 0.255 e. The third kappa shape index (κ3) is 5.29. The minimum absolute atomic E-state index is 0.0348. The Morgan fingerprint density at radius 3 is 2.24 bits per heavy atom. The summed E-state index contributed by atoms with van der Waals surface area (Å²) in [5.41, 5.74) is 0.666. The van der Waals surface area contributed by atoms with Crippen LogP contribution in [0.1, 0.15) is 15.9 Å². The fourth-order valence-electron chi connectivity index (χ4n) is 2.50. The van der Waals surface area contributed by atoms with Gasteiger partial charge in [-0.2, -0.15) is 0 Å². The van der Waals surface area contributed by atoms with E-state index in [0.717, 1.165) is 17.4 Å². The minimum atomic E-state index is -1.63. The van der Waals surface area contributed by atoms with Gasteiger partial charge >= 0.3 is 0 Å². The summed E-state index contributed by atoms with van der Waals surface area (Å²) in [5.74, 6) is -4.66. The third-order valence-electron chi connectivity index (χ3n) is 3.94. The highest BCUT2D eigenvalue weighted by atomic mass is 32.2. The normalized spacial score (nSPS) is 10.7. The molecule has 3 nitrogen and oxygen atoms in total. The zero-order valence-electron chi connectivity index (χ0n) is 15.1. The number of benzene rings is 3. The van der Waals surface area contributed by atoms with Crippen LogP contribution < -0.4 is 10.1 Å². The van der Waals surface area contributed by atoms with Crippen molar-refractivity contribution >= 4 is 23.4 Å². The molecule has 0 spiro atoms. The largest absolute Gasteiger partial charge is 0.497 e. The zero-order valence-corrected chi connectivity index (χ0v) is 16.0. The van der Waals surface area contributed by atoms with Crippen molar-refractivity contribution in [2.24, 2.45) is 0 Å². The van der Waals surface area contributed by atoms with Crippen LogP contribution in [0.2, 0.25) is 0 Å². The molecule has 0 aliphatic rings. The van der Waals surface area contributed by atoms with Gasteiger partial charge in [-0.1, -0.05) is 12.1 Å². The lowest BCUT2D eigenvalue weighted by Crippen LogP contribution is -2.13. The van der Waals surface area contributed by atoms with Gasteiger partial charge < -0.3 is 10.1 Å². The van der Waals surface area contributed by atoms with E-state index in [9.17, 15) is 22.4 Å². The molecule has 0 aliphatic carbocycles. The summed E-state index contributed by atoms with van der Waals surface area (Å²) in [6, 6.07) is 12.4. The number of carbonyl (C=O) groups is 1. The Balaban J connectivity index is 1.73. The molecule has 0 atom stereocenters. The first-order chi connectivity index (χ1) is 13.9. The van der Waals surface area contributed by atoms with E-state index in [-0.39, 0.29) is 11.3 Å². The predicted molar refractivity (Wildman–Crippen MR) is 103 cm³/mol. The number of hydrogen-bond donors (Lipinski definition) is 1. The molecule has 0 aromatic heterocycles. The standard InChI is InChI=1S/C21H15F4NO2S/c1-28-16-4-2-12(3-5-16)11-29-17-7-13(6-14(22)8-17)21(27)26-15-9-18(23)20(25)19(24)10-15/h2-10H,11H2,1H3,(H,26,27). The second-order valence-electron chi connectivity index (χ2n) is 6.02. The molecule has 0 aliphatic heterocycles. The van der Waals surface area contributed by atoms with Gasteiger partial charge in [0.1, 0.15) is 11.6 Å². The molecule has 0 bridgehead atoms. The summed E-state index contributed by atoms with van der Waals surface area (Å²) in [6.07, 6.45) is 0. The van der Waals surface area contributed by atoms with Crippen LogP contribution in [0, 0.1) is 23.3 Å². The number of nitrogens with one attached hydrogen (secondary N) is 1. The van der Waals surface area contributed by atoms with Crippen molar-refractivity contribution in [3.8, 4) is 5.75 Å². The first kappa shape index (κ1) is 20.7. The minimum Gasteiger partial charge on any atom is -0.497 e. The van der Waals surface area contributed by atoms with Gasteiger partial charge in [0.2, 0.25) is 0 Å². The number of carbonyl (C=O) groups excluding carboxylic acids is 1. The molecule has 0 unspecified atom stereocenters. The van der Waals surface area contributed by atoms with Gasteiger partial charge in [-0.3, -0.25) is 4.79 Å². The van der Waals surface area contributed by atoms with Gasteiger partial charge in [-0.25, -0.2) is 17.6 Å². The molecule has 0 fully saturated rings. The molecule has 1 amide bonds. The van der Waals surface area contributed by atoms with Crippen molar-refractivity contribution in [3.63, 3.8) is 0 Å². The van der Waals surface area contributed by atoms with Gasteiger partial charge in [-0.05, 0) is 35.9 Å². The molecule has 3 aromatic rings. The van der Waals surface area contributed by atoms with Crippen LogP contribution in [0.3, 0.4) is 0 Å². The first-order valence-electron chi connectivity index (χ1n) is 8.38. The number of methoxy groups -OCH3 is 1. The lowest BCUT2D eigenvalue weighted by molar-refractivity contribution is 0.102. The summed E-state index contributed by atoms with van der Waals surface area (Å²) in [7, 11) is 1.57. The van der Waals surface area contributed by atoms with E-state index < -0.39 is 29.2 Å². The first-order valence-corrected chi connectivity index (χ1v) is 9.36. The Labute approximate surface area is 168 Å². The Bertz CT molecular complexity index is 1020. The average molecular weight is 421 g/mol. The Hall–Kier alpha value is -3.00. The van der Waals surface area contributed by atoms with Crippen molar-refractivity contribution in [1.82, 2.24) is 0 Å². The molecule has 150 valence electrons.